The minimum atomic E-state index is -0.862. The molecule has 0 amide bonds. The summed E-state index contributed by atoms with van der Waals surface area (Å²) in [6.07, 6.45) is 1.25. The van der Waals surface area contributed by atoms with Crippen LogP contribution in [-0.2, 0) is 0 Å². The Balaban J connectivity index is 1.64. The molecule has 9 nitrogen and oxygen atoms in total. The van der Waals surface area contributed by atoms with Gasteiger partial charge in [0.1, 0.15) is 52.5 Å². The summed E-state index contributed by atoms with van der Waals surface area (Å²) >= 11 is 6.30. The van der Waals surface area contributed by atoms with E-state index in [0.717, 1.165) is 16.7 Å². The van der Waals surface area contributed by atoms with Crippen molar-refractivity contribution < 1.29 is 8.78 Å². The highest BCUT2D eigenvalue weighted by Crippen LogP contribution is 2.26. The van der Waals surface area contributed by atoms with Crippen molar-refractivity contribution in [3.8, 4) is 17.5 Å². The van der Waals surface area contributed by atoms with Crippen molar-refractivity contribution in [1.82, 2.24) is 24.5 Å². The number of hydrogen-bond acceptors (Lipinski definition) is 8. The van der Waals surface area contributed by atoms with Gasteiger partial charge in [0.15, 0.2) is 0 Å². The van der Waals surface area contributed by atoms with Crippen LogP contribution >= 0.6 is 11.6 Å². The van der Waals surface area contributed by atoms with Gasteiger partial charge in [-0.05, 0) is 49.2 Å². The molecule has 0 fully saturated rings. The monoisotopic (exact) mass is 544 g/mol. The number of anilines is 3. The van der Waals surface area contributed by atoms with E-state index in [0.29, 0.717) is 23.1 Å². The van der Waals surface area contributed by atoms with Crippen LogP contribution in [0, 0.1) is 23.5 Å². The molecular formula is C27H19ClF2N8O. The molecule has 5 N–H and O–H groups in total. The van der Waals surface area contributed by atoms with Crippen LogP contribution in [0.25, 0.3) is 16.6 Å². The Bertz CT molecular complexity index is 1850. The molecule has 0 unspecified atom stereocenters. The molecule has 0 saturated heterocycles. The van der Waals surface area contributed by atoms with E-state index in [1.54, 1.807) is 37.3 Å². The SMILES string of the molecule is C[C@H](Nc1ncnc(N)c1C#Cc1cccc(N)n1)c1nc2cccc(Cl)c2c(=O)n1-c1cc(F)cc(F)c1. The summed E-state index contributed by atoms with van der Waals surface area (Å²) in [5.41, 5.74) is 12.1. The van der Waals surface area contributed by atoms with Crippen LogP contribution in [0.1, 0.15) is 30.0 Å². The van der Waals surface area contributed by atoms with Crippen LogP contribution in [0.3, 0.4) is 0 Å². The maximum atomic E-state index is 14.2. The second-order valence-electron chi connectivity index (χ2n) is 8.42. The molecule has 0 aliphatic rings. The number of pyridine rings is 1. The van der Waals surface area contributed by atoms with Crippen LogP contribution in [0.15, 0.2) is 65.7 Å². The summed E-state index contributed by atoms with van der Waals surface area (Å²) in [6, 6.07) is 11.9. The van der Waals surface area contributed by atoms with Crippen molar-refractivity contribution in [2.45, 2.75) is 13.0 Å². The second-order valence-corrected chi connectivity index (χ2v) is 8.83. The number of nitrogen functional groups attached to an aromatic ring is 2. The van der Waals surface area contributed by atoms with E-state index >= 15 is 0 Å². The first-order chi connectivity index (χ1) is 18.7. The Morgan fingerprint density at radius 3 is 2.49 bits per heavy atom. The van der Waals surface area contributed by atoms with Gasteiger partial charge < -0.3 is 16.8 Å². The molecule has 0 aliphatic carbocycles. The third-order valence-corrected chi connectivity index (χ3v) is 6.00. The predicted molar refractivity (Wildman–Crippen MR) is 145 cm³/mol. The molecular weight excluding hydrogens is 526 g/mol. The number of nitrogens with one attached hydrogen (secondary N) is 1. The van der Waals surface area contributed by atoms with Crippen molar-refractivity contribution in [3.63, 3.8) is 0 Å². The van der Waals surface area contributed by atoms with Gasteiger partial charge in [-0.15, -0.1) is 0 Å². The number of hydrogen-bond donors (Lipinski definition) is 3. The first kappa shape index (κ1) is 25.6. The smallest absolute Gasteiger partial charge is 0.267 e. The fourth-order valence-corrected chi connectivity index (χ4v) is 4.21. The van der Waals surface area contributed by atoms with Gasteiger partial charge in [-0.2, -0.15) is 0 Å². The molecule has 0 aliphatic heterocycles. The number of fused-ring (bicyclic) bond motifs is 1. The second kappa shape index (κ2) is 10.4. The first-order valence-electron chi connectivity index (χ1n) is 11.5. The van der Waals surface area contributed by atoms with E-state index in [4.69, 9.17) is 23.1 Å². The third kappa shape index (κ3) is 5.18. The first-order valence-corrected chi connectivity index (χ1v) is 11.9. The fraction of sp³-hybridized carbons (Fsp3) is 0.0741. The Morgan fingerprint density at radius 1 is 1.00 bits per heavy atom. The normalized spacial score (nSPS) is 11.6. The largest absolute Gasteiger partial charge is 0.384 e. The molecule has 12 heteroatoms. The third-order valence-electron chi connectivity index (χ3n) is 5.68. The number of rotatable bonds is 4. The van der Waals surface area contributed by atoms with E-state index in [1.165, 1.54) is 12.4 Å². The van der Waals surface area contributed by atoms with Crippen molar-refractivity contribution in [2.24, 2.45) is 0 Å². The van der Waals surface area contributed by atoms with Crippen LogP contribution in [0.5, 0.6) is 0 Å². The van der Waals surface area contributed by atoms with Gasteiger partial charge in [-0.25, -0.2) is 28.7 Å². The van der Waals surface area contributed by atoms with E-state index in [2.05, 4.69) is 37.1 Å². The molecule has 5 aromatic rings. The standard InChI is InChI=1S/C27H19ClF2N8O/c1-14(35-25-19(24(32)33-13-34-25)9-8-17-4-2-7-22(31)36-17)26-37-21-6-3-5-20(28)23(21)27(39)38(26)18-11-15(29)10-16(30)12-18/h2-7,10-14H,1H3,(H2,31,36)(H3,32,33,34,35)/t14-/m0/s1. The summed E-state index contributed by atoms with van der Waals surface area (Å²) in [4.78, 5) is 30.7. The molecule has 2 aromatic carbocycles. The molecule has 0 radical (unpaired) electrons. The fourth-order valence-electron chi connectivity index (χ4n) is 3.96. The molecule has 3 aromatic heterocycles. The average Bonchev–Trinajstić information content (AvgIpc) is 2.87. The molecule has 3 heterocycles. The van der Waals surface area contributed by atoms with Gasteiger partial charge in [0, 0.05) is 6.07 Å². The van der Waals surface area contributed by atoms with Gasteiger partial charge in [-0.1, -0.05) is 29.7 Å². The minimum absolute atomic E-state index is 0.0644. The number of benzene rings is 2. The maximum absolute atomic E-state index is 14.2. The lowest BCUT2D eigenvalue weighted by molar-refractivity contribution is 0.579. The van der Waals surface area contributed by atoms with Gasteiger partial charge in [0.25, 0.3) is 5.56 Å². The van der Waals surface area contributed by atoms with Gasteiger partial charge >= 0.3 is 0 Å². The van der Waals surface area contributed by atoms with E-state index < -0.39 is 23.2 Å². The lowest BCUT2D eigenvalue weighted by Gasteiger charge is -2.21. The molecule has 194 valence electrons. The highest BCUT2D eigenvalue weighted by atomic mass is 35.5. The summed E-state index contributed by atoms with van der Waals surface area (Å²) in [5.74, 6) is 4.83. The summed E-state index contributed by atoms with van der Waals surface area (Å²) < 4.78 is 29.5. The zero-order valence-corrected chi connectivity index (χ0v) is 21.0. The van der Waals surface area contributed by atoms with Crippen LogP contribution < -0.4 is 22.3 Å². The zero-order valence-electron chi connectivity index (χ0n) is 20.3. The highest BCUT2D eigenvalue weighted by molar-refractivity contribution is 6.35. The zero-order chi connectivity index (χ0) is 27.7. The minimum Gasteiger partial charge on any atom is -0.384 e. The molecule has 39 heavy (non-hydrogen) atoms. The van der Waals surface area contributed by atoms with Crippen molar-refractivity contribution in [1.29, 1.82) is 0 Å². The van der Waals surface area contributed by atoms with Gasteiger partial charge in [0.05, 0.1) is 27.7 Å². The van der Waals surface area contributed by atoms with Crippen LogP contribution in [-0.4, -0.2) is 24.5 Å². The Labute approximate surface area is 225 Å². The number of halogens is 3. The lowest BCUT2D eigenvalue weighted by Crippen LogP contribution is -2.28. The summed E-state index contributed by atoms with van der Waals surface area (Å²) in [7, 11) is 0. The molecule has 0 spiro atoms. The predicted octanol–water partition coefficient (Wildman–Crippen LogP) is 4.24. The van der Waals surface area contributed by atoms with E-state index in [-0.39, 0.29) is 39.1 Å². The van der Waals surface area contributed by atoms with Crippen molar-refractivity contribution >= 4 is 40.0 Å². The number of aromatic nitrogens is 5. The highest BCUT2D eigenvalue weighted by Gasteiger charge is 2.22. The summed E-state index contributed by atoms with van der Waals surface area (Å²) in [5, 5.41) is 3.40. The van der Waals surface area contributed by atoms with Gasteiger partial charge in [0.2, 0.25) is 0 Å². The van der Waals surface area contributed by atoms with Crippen molar-refractivity contribution in [3.05, 3.63) is 105 Å². The topological polar surface area (TPSA) is 138 Å². The Morgan fingerprint density at radius 2 is 1.74 bits per heavy atom. The van der Waals surface area contributed by atoms with E-state index in [1.807, 2.05) is 0 Å². The molecule has 0 bridgehead atoms. The molecule has 5 rings (SSSR count). The Hall–Kier alpha value is -5.08. The maximum Gasteiger partial charge on any atom is 0.267 e. The van der Waals surface area contributed by atoms with Crippen LogP contribution in [0.4, 0.5) is 26.2 Å². The number of nitrogens with zero attached hydrogens (tertiary/aromatic N) is 5. The Kier molecular flexibility index (Phi) is 6.79. The molecule has 0 saturated carbocycles. The average molecular weight is 545 g/mol. The van der Waals surface area contributed by atoms with Crippen molar-refractivity contribution in [2.75, 3.05) is 16.8 Å². The van der Waals surface area contributed by atoms with Crippen LogP contribution in [0.2, 0.25) is 5.02 Å². The number of nitrogens with two attached hydrogens (primary N) is 2. The van der Waals surface area contributed by atoms with Gasteiger partial charge in [-0.3, -0.25) is 9.36 Å². The summed E-state index contributed by atoms with van der Waals surface area (Å²) in [6.45, 7) is 1.69. The lowest BCUT2D eigenvalue weighted by atomic mass is 10.2. The quantitative estimate of drug-likeness (QED) is 0.286. The molecule has 1 atom stereocenters. The van der Waals surface area contributed by atoms with E-state index in [9.17, 15) is 13.6 Å².